The molecule has 2 atom stereocenters. The molecule has 0 saturated carbocycles. The van der Waals surface area contributed by atoms with Crippen molar-refractivity contribution in [2.24, 2.45) is 0 Å². The van der Waals surface area contributed by atoms with Gasteiger partial charge >= 0.3 is 0 Å². The van der Waals surface area contributed by atoms with E-state index in [1.54, 1.807) is 0 Å². The molecule has 0 aliphatic rings. The van der Waals surface area contributed by atoms with Crippen LogP contribution >= 0.6 is 0 Å². The summed E-state index contributed by atoms with van der Waals surface area (Å²) in [6.07, 6.45) is 16.9. The third kappa shape index (κ3) is 4.46. The van der Waals surface area contributed by atoms with Crippen LogP contribution in [0.25, 0.3) is 0 Å². The minimum Gasteiger partial charge on any atom is -0.264 e. The first-order valence-electron chi connectivity index (χ1n) is 9.48. The van der Waals surface area contributed by atoms with E-state index in [2.05, 4.69) is 44.2 Å². The van der Waals surface area contributed by atoms with Crippen LogP contribution in [0.5, 0.6) is 0 Å². The summed E-state index contributed by atoms with van der Waals surface area (Å²) in [4.78, 5) is 17.4. The summed E-state index contributed by atoms with van der Waals surface area (Å²) >= 11 is 0. The Morgan fingerprint density at radius 1 is 0.500 bits per heavy atom. The van der Waals surface area contributed by atoms with Crippen molar-refractivity contribution in [3.63, 3.8) is 0 Å². The van der Waals surface area contributed by atoms with Gasteiger partial charge in [-0.15, -0.1) is 0 Å². The van der Waals surface area contributed by atoms with Crippen molar-refractivity contribution in [1.82, 2.24) is 19.9 Å². The van der Waals surface area contributed by atoms with Crippen LogP contribution in [0.1, 0.15) is 34.1 Å². The molecule has 138 valence electrons. The van der Waals surface area contributed by atoms with Gasteiger partial charge in [0, 0.05) is 49.6 Å². The van der Waals surface area contributed by atoms with Gasteiger partial charge in [-0.25, -0.2) is 0 Å². The van der Waals surface area contributed by atoms with E-state index < -0.39 is 0 Å². The first-order chi connectivity index (χ1) is 13.9. The van der Waals surface area contributed by atoms with Gasteiger partial charge in [-0.1, -0.05) is 24.3 Å². The fraction of sp³-hybridized carbons (Fsp3) is 0.167. The lowest BCUT2D eigenvalue weighted by atomic mass is 9.76. The first-order valence-corrected chi connectivity index (χ1v) is 9.48. The Balaban J connectivity index is 1.76. The third-order valence-electron chi connectivity index (χ3n) is 5.07. The highest BCUT2D eigenvalue weighted by Crippen LogP contribution is 2.37. The van der Waals surface area contributed by atoms with Crippen molar-refractivity contribution in [2.45, 2.75) is 24.7 Å². The monoisotopic (exact) mass is 366 g/mol. The molecule has 0 aliphatic carbocycles. The molecule has 0 fully saturated rings. The molecule has 2 unspecified atom stereocenters. The average molecular weight is 366 g/mol. The van der Waals surface area contributed by atoms with E-state index >= 15 is 0 Å². The molecule has 4 aromatic heterocycles. The van der Waals surface area contributed by atoms with Gasteiger partial charge in [-0.2, -0.15) is 0 Å². The van der Waals surface area contributed by atoms with Gasteiger partial charge in [0.15, 0.2) is 0 Å². The van der Waals surface area contributed by atoms with Gasteiger partial charge in [-0.3, -0.25) is 19.9 Å². The highest BCUT2D eigenvalue weighted by atomic mass is 14.6. The maximum atomic E-state index is 4.39. The molecule has 0 bridgehead atoms. The van der Waals surface area contributed by atoms with Crippen LogP contribution in [0.3, 0.4) is 0 Å². The number of hydrogen-bond acceptors (Lipinski definition) is 4. The van der Waals surface area contributed by atoms with E-state index in [1.165, 1.54) is 22.3 Å². The van der Waals surface area contributed by atoms with Crippen molar-refractivity contribution >= 4 is 0 Å². The molecular weight excluding hydrogens is 344 g/mol. The van der Waals surface area contributed by atoms with Crippen LogP contribution in [0.4, 0.5) is 0 Å². The van der Waals surface area contributed by atoms with Crippen molar-refractivity contribution in [3.8, 4) is 0 Å². The van der Waals surface area contributed by atoms with Gasteiger partial charge in [-0.05, 0) is 71.2 Å². The van der Waals surface area contributed by atoms with Crippen LogP contribution in [-0.2, 0) is 12.8 Å². The summed E-state index contributed by atoms with van der Waals surface area (Å²) in [6, 6.07) is 16.6. The highest BCUT2D eigenvalue weighted by molar-refractivity contribution is 5.30. The van der Waals surface area contributed by atoms with Crippen LogP contribution in [0.15, 0.2) is 98.1 Å². The molecule has 0 N–H and O–H groups in total. The molecule has 0 radical (unpaired) electrons. The Morgan fingerprint density at radius 3 is 1.21 bits per heavy atom. The SMILES string of the molecule is c1cncc(CC(c2cccnc2)C(Cc2cccnc2)c2cccnc2)c1. The average Bonchev–Trinajstić information content (AvgIpc) is 2.79. The summed E-state index contributed by atoms with van der Waals surface area (Å²) in [5.41, 5.74) is 4.89. The smallest absolute Gasteiger partial charge is 0.0303 e. The summed E-state index contributed by atoms with van der Waals surface area (Å²) in [7, 11) is 0. The number of nitrogens with zero attached hydrogens (tertiary/aromatic N) is 4. The van der Waals surface area contributed by atoms with E-state index in [0.717, 1.165) is 12.8 Å². The molecule has 0 saturated heterocycles. The van der Waals surface area contributed by atoms with Gasteiger partial charge < -0.3 is 0 Å². The van der Waals surface area contributed by atoms with Gasteiger partial charge in [0.2, 0.25) is 0 Å². The fourth-order valence-electron chi connectivity index (χ4n) is 3.72. The van der Waals surface area contributed by atoms with Crippen molar-refractivity contribution in [1.29, 1.82) is 0 Å². The molecule has 0 aliphatic heterocycles. The fourth-order valence-corrected chi connectivity index (χ4v) is 3.72. The Bertz CT molecular complexity index is 877. The van der Waals surface area contributed by atoms with E-state index in [1.807, 2.05) is 73.8 Å². The summed E-state index contributed by atoms with van der Waals surface area (Å²) in [6.45, 7) is 0. The highest BCUT2D eigenvalue weighted by Gasteiger charge is 2.26. The first kappa shape index (κ1) is 18.0. The van der Waals surface area contributed by atoms with Crippen molar-refractivity contribution < 1.29 is 0 Å². The number of rotatable bonds is 7. The number of pyridine rings is 4. The van der Waals surface area contributed by atoms with Crippen LogP contribution in [0, 0.1) is 0 Å². The predicted octanol–water partition coefficient (Wildman–Crippen LogP) is 4.62. The zero-order valence-electron chi connectivity index (χ0n) is 15.6. The second-order valence-corrected chi connectivity index (χ2v) is 6.92. The third-order valence-corrected chi connectivity index (χ3v) is 5.07. The second-order valence-electron chi connectivity index (χ2n) is 6.92. The van der Waals surface area contributed by atoms with E-state index in [-0.39, 0.29) is 11.8 Å². The van der Waals surface area contributed by atoms with Gasteiger partial charge in [0.25, 0.3) is 0 Å². The minimum atomic E-state index is 0.252. The zero-order valence-corrected chi connectivity index (χ0v) is 15.6. The molecule has 0 amide bonds. The zero-order chi connectivity index (χ0) is 19.0. The van der Waals surface area contributed by atoms with E-state index in [9.17, 15) is 0 Å². The van der Waals surface area contributed by atoms with Gasteiger partial charge in [0.1, 0.15) is 0 Å². The van der Waals surface area contributed by atoms with Crippen LogP contribution in [-0.4, -0.2) is 19.9 Å². The van der Waals surface area contributed by atoms with Crippen molar-refractivity contribution in [3.05, 3.63) is 120 Å². The topological polar surface area (TPSA) is 51.6 Å². The Labute approximate surface area is 165 Å². The predicted molar refractivity (Wildman–Crippen MR) is 110 cm³/mol. The lowest BCUT2D eigenvalue weighted by Gasteiger charge is -2.28. The minimum absolute atomic E-state index is 0.252. The van der Waals surface area contributed by atoms with E-state index in [0.29, 0.717) is 0 Å². The van der Waals surface area contributed by atoms with Crippen LogP contribution < -0.4 is 0 Å². The Kier molecular flexibility index (Phi) is 5.78. The molecule has 4 heteroatoms. The molecule has 4 rings (SSSR count). The summed E-state index contributed by atoms with van der Waals surface area (Å²) < 4.78 is 0. The Hall–Kier alpha value is -3.40. The van der Waals surface area contributed by atoms with Crippen LogP contribution in [0.2, 0.25) is 0 Å². The summed E-state index contributed by atoms with van der Waals surface area (Å²) in [5, 5.41) is 0. The number of aromatic nitrogens is 4. The molecule has 4 nitrogen and oxygen atoms in total. The van der Waals surface area contributed by atoms with Gasteiger partial charge in [0.05, 0.1) is 0 Å². The normalized spacial score (nSPS) is 13.0. The molecule has 0 aromatic carbocycles. The molecule has 0 spiro atoms. The molecular formula is C24H22N4. The number of hydrogen-bond donors (Lipinski definition) is 0. The summed E-state index contributed by atoms with van der Waals surface area (Å²) in [5.74, 6) is 0.504. The maximum Gasteiger partial charge on any atom is 0.0303 e. The standard InChI is InChI=1S/C24H22N4/c1-5-19(15-25-9-1)13-23(21-7-3-11-27-17-21)24(22-8-4-12-28-18-22)14-20-6-2-10-26-16-20/h1-12,15-18,23-24H,13-14H2. The second kappa shape index (κ2) is 9.00. The lowest BCUT2D eigenvalue weighted by Crippen LogP contribution is -2.17. The Morgan fingerprint density at radius 2 is 0.893 bits per heavy atom. The molecule has 28 heavy (non-hydrogen) atoms. The molecule has 4 heterocycles. The molecule has 4 aromatic rings. The lowest BCUT2D eigenvalue weighted by molar-refractivity contribution is 0.527. The quantitative estimate of drug-likeness (QED) is 0.479. The van der Waals surface area contributed by atoms with E-state index in [4.69, 9.17) is 0 Å². The van der Waals surface area contributed by atoms with Crippen molar-refractivity contribution in [2.75, 3.05) is 0 Å². The maximum absolute atomic E-state index is 4.39. The largest absolute Gasteiger partial charge is 0.264 e.